The zero-order valence-electron chi connectivity index (χ0n) is 12.1. The first kappa shape index (κ1) is 13.2. The lowest BCUT2D eigenvalue weighted by atomic mass is 9.83. The largest absolute Gasteiger partial charge is 0.457 e. The van der Waals surface area contributed by atoms with E-state index in [9.17, 15) is 9.59 Å². The third-order valence-corrected chi connectivity index (χ3v) is 4.68. The summed E-state index contributed by atoms with van der Waals surface area (Å²) in [4.78, 5) is 24.5. The molecule has 4 atom stereocenters. The van der Waals surface area contributed by atoms with Crippen LogP contribution < -0.4 is 11.4 Å². The lowest BCUT2D eigenvalue weighted by molar-refractivity contribution is 0.0271. The Balaban J connectivity index is 1.73. The molecule has 7 nitrogen and oxygen atoms in total. The molecule has 0 amide bonds. The van der Waals surface area contributed by atoms with Crippen molar-refractivity contribution in [1.82, 2.24) is 13.9 Å². The Hall–Kier alpha value is -1.54. The van der Waals surface area contributed by atoms with Crippen molar-refractivity contribution in [2.24, 2.45) is 7.05 Å². The van der Waals surface area contributed by atoms with Gasteiger partial charge in [0.15, 0.2) is 0 Å². The molecule has 0 N–H and O–H groups in total. The van der Waals surface area contributed by atoms with Crippen LogP contribution in [0.3, 0.4) is 0 Å². The molecular weight excluding hydrogens is 273 g/mol. The predicted molar refractivity (Wildman–Crippen MR) is 76.4 cm³/mol. The molecule has 112 valence electrons. The van der Waals surface area contributed by atoms with Crippen molar-refractivity contribution in [3.8, 4) is 0 Å². The first-order chi connectivity index (χ1) is 10.1. The van der Waals surface area contributed by atoms with Crippen LogP contribution in [-0.2, 0) is 16.4 Å². The second-order valence-electron chi connectivity index (χ2n) is 5.95. The van der Waals surface area contributed by atoms with Crippen molar-refractivity contribution in [2.45, 2.75) is 50.4 Å². The molecule has 1 aromatic rings. The van der Waals surface area contributed by atoms with E-state index in [0.29, 0.717) is 0 Å². The summed E-state index contributed by atoms with van der Waals surface area (Å²) in [7, 11) is 1.28. The molecule has 1 aliphatic carbocycles. The van der Waals surface area contributed by atoms with E-state index in [1.165, 1.54) is 16.4 Å². The van der Waals surface area contributed by atoms with Crippen molar-refractivity contribution in [2.75, 3.05) is 0 Å². The number of nitrogens with zero attached hydrogens (tertiary/aromatic N) is 3. The lowest BCUT2D eigenvalue weighted by Crippen LogP contribution is -2.53. The van der Waals surface area contributed by atoms with Crippen molar-refractivity contribution in [3.63, 3.8) is 0 Å². The number of aromatic nitrogens is 3. The Kier molecular flexibility index (Phi) is 2.80. The number of hydrogen-bond donors (Lipinski definition) is 0. The SMILES string of the molecule is CCCCB1O[C@@H]2[C@H](O1)[C@@H]1C=C[C@H]2n2c(=O)n(C)c(=O)n21. The molecule has 1 fully saturated rings. The third-order valence-electron chi connectivity index (χ3n) is 4.68. The molecule has 1 saturated heterocycles. The summed E-state index contributed by atoms with van der Waals surface area (Å²) < 4.78 is 16.2. The minimum atomic E-state index is -0.293. The van der Waals surface area contributed by atoms with Crippen LogP contribution in [0.25, 0.3) is 0 Å². The highest BCUT2D eigenvalue weighted by Crippen LogP contribution is 2.42. The summed E-state index contributed by atoms with van der Waals surface area (Å²) in [5.74, 6) is 0. The highest BCUT2D eigenvalue weighted by atomic mass is 16.7. The molecule has 3 aliphatic heterocycles. The van der Waals surface area contributed by atoms with Gasteiger partial charge >= 0.3 is 18.5 Å². The molecule has 21 heavy (non-hydrogen) atoms. The summed E-state index contributed by atoms with van der Waals surface area (Å²) in [6.45, 7) is 2.13. The van der Waals surface area contributed by atoms with Gasteiger partial charge in [-0.25, -0.2) is 23.5 Å². The lowest BCUT2D eigenvalue weighted by Gasteiger charge is -2.41. The Morgan fingerprint density at radius 1 is 1.10 bits per heavy atom. The molecule has 0 radical (unpaired) electrons. The molecule has 1 aromatic heterocycles. The fraction of sp³-hybridized carbons (Fsp3) is 0.692. The fourth-order valence-corrected chi connectivity index (χ4v) is 3.60. The van der Waals surface area contributed by atoms with Gasteiger partial charge in [0.2, 0.25) is 0 Å². The molecule has 4 aliphatic rings. The van der Waals surface area contributed by atoms with Crippen molar-refractivity contribution in [3.05, 3.63) is 33.1 Å². The normalized spacial score (nSPS) is 32.6. The smallest absolute Gasteiger partial charge is 0.403 e. The second kappa shape index (κ2) is 4.48. The monoisotopic (exact) mass is 291 g/mol. The highest BCUT2D eigenvalue weighted by Gasteiger charge is 2.54. The quantitative estimate of drug-likeness (QED) is 0.584. The van der Waals surface area contributed by atoms with E-state index in [4.69, 9.17) is 9.31 Å². The standard InChI is InChI=1S/C13H18BN3O4/c1-3-4-7-14-20-10-8-5-6-9(11(10)21-14)17-13(19)15(2)12(18)16(8)17/h5-6,8-11H,3-4,7H2,1-2H3/t8-,9+,10+,11-. The first-order valence-corrected chi connectivity index (χ1v) is 7.52. The van der Waals surface area contributed by atoms with Crippen LogP contribution in [0.15, 0.2) is 21.7 Å². The molecule has 0 aromatic carbocycles. The van der Waals surface area contributed by atoms with Crippen LogP contribution in [0.2, 0.25) is 6.32 Å². The van der Waals surface area contributed by atoms with E-state index >= 15 is 0 Å². The van der Waals surface area contributed by atoms with E-state index < -0.39 is 0 Å². The maximum atomic E-state index is 12.2. The molecule has 4 heterocycles. The third kappa shape index (κ3) is 1.63. The van der Waals surface area contributed by atoms with Crippen LogP contribution in [-0.4, -0.2) is 33.3 Å². The van der Waals surface area contributed by atoms with E-state index in [1.54, 1.807) is 0 Å². The van der Waals surface area contributed by atoms with Crippen LogP contribution >= 0.6 is 0 Å². The van der Waals surface area contributed by atoms with Crippen LogP contribution in [0.5, 0.6) is 0 Å². The van der Waals surface area contributed by atoms with Gasteiger partial charge in [0, 0.05) is 7.05 Å². The predicted octanol–water partition coefficient (Wildman–Crippen LogP) is 0.0864. The number of hydrogen-bond acceptors (Lipinski definition) is 4. The molecule has 0 saturated carbocycles. The summed E-state index contributed by atoms with van der Waals surface area (Å²) in [5, 5.41) is 0. The van der Waals surface area contributed by atoms with Gasteiger partial charge in [-0.3, -0.25) is 0 Å². The van der Waals surface area contributed by atoms with Gasteiger partial charge in [-0.05, 0) is 6.32 Å². The van der Waals surface area contributed by atoms with Crippen LogP contribution in [0, 0.1) is 0 Å². The zero-order chi connectivity index (χ0) is 14.7. The van der Waals surface area contributed by atoms with Gasteiger partial charge in [0.25, 0.3) is 0 Å². The van der Waals surface area contributed by atoms with Gasteiger partial charge in [0.05, 0.1) is 12.2 Å². The van der Waals surface area contributed by atoms with Gasteiger partial charge in [-0.1, -0.05) is 31.9 Å². The topological polar surface area (TPSA) is 67.4 Å². The van der Waals surface area contributed by atoms with E-state index in [-0.39, 0.29) is 42.8 Å². The molecule has 8 heteroatoms. The molecule has 5 rings (SSSR count). The number of unbranched alkanes of at least 4 members (excludes halogenated alkanes) is 1. The van der Waals surface area contributed by atoms with Crippen molar-refractivity contribution >= 4 is 7.12 Å². The van der Waals surface area contributed by atoms with Crippen LogP contribution in [0.1, 0.15) is 31.8 Å². The minimum Gasteiger partial charge on any atom is -0.403 e. The van der Waals surface area contributed by atoms with Gasteiger partial charge in [-0.2, -0.15) is 0 Å². The van der Waals surface area contributed by atoms with Crippen molar-refractivity contribution in [1.29, 1.82) is 0 Å². The number of rotatable bonds is 3. The summed E-state index contributed by atoms with van der Waals surface area (Å²) in [6.07, 6.45) is 6.54. The Morgan fingerprint density at radius 3 is 2.10 bits per heavy atom. The average molecular weight is 291 g/mol. The fourth-order valence-electron chi connectivity index (χ4n) is 3.60. The molecule has 0 unspecified atom stereocenters. The van der Waals surface area contributed by atoms with Gasteiger partial charge in [0.1, 0.15) is 12.1 Å². The Bertz CT molecular complexity index is 664. The molecule has 0 spiro atoms. The van der Waals surface area contributed by atoms with E-state index in [2.05, 4.69) is 6.92 Å². The summed E-state index contributed by atoms with van der Waals surface area (Å²) in [5.41, 5.74) is -0.586. The summed E-state index contributed by atoms with van der Waals surface area (Å²) >= 11 is 0. The van der Waals surface area contributed by atoms with Crippen molar-refractivity contribution < 1.29 is 9.31 Å². The van der Waals surface area contributed by atoms with Gasteiger partial charge < -0.3 is 9.31 Å². The molecular formula is C13H18BN3O4. The van der Waals surface area contributed by atoms with Gasteiger partial charge in [-0.15, -0.1) is 0 Å². The Morgan fingerprint density at radius 2 is 1.62 bits per heavy atom. The van der Waals surface area contributed by atoms with E-state index in [1.807, 2.05) is 12.2 Å². The second-order valence-corrected chi connectivity index (χ2v) is 5.95. The minimum absolute atomic E-state index is 0.179. The first-order valence-electron chi connectivity index (χ1n) is 7.52. The average Bonchev–Trinajstić information content (AvgIpc) is 3.03. The highest BCUT2D eigenvalue weighted by molar-refractivity contribution is 6.45. The maximum absolute atomic E-state index is 12.2. The maximum Gasteiger partial charge on any atom is 0.457 e. The Labute approximate surface area is 121 Å². The van der Waals surface area contributed by atoms with Crippen LogP contribution in [0.4, 0.5) is 0 Å². The van der Waals surface area contributed by atoms with E-state index in [0.717, 1.165) is 23.7 Å². The zero-order valence-corrected chi connectivity index (χ0v) is 12.1. The molecule has 2 bridgehead atoms. The summed E-state index contributed by atoms with van der Waals surface area (Å²) in [6, 6.07) is -0.513.